The molecule has 0 aliphatic carbocycles. The van der Waals surface area contributed by atoms with Crippen LogP contribution in [0, 0.1) is 22.2 Å². The van der Waals surface area contributed by atoms with Crippen LogP contribution >= 0.6 is 7.75 Å². The monoisotopic (exact) mass is 768 g/mol. The smallest absolute Gasteiger partial charge is 0.462 e. The van der Waals surface area contributed by atoms with Crippen LogP contribution in [0.2, 0.25) is 0 Å². The van der Waals surface area contributed by atoms with Gasteiger partial charge in [0.2, 0.25) is 12.4 Å². The largest absolute Gasteiger partial charge is 0.510 e. The molecule has 1 saturated heterocycles. The summed E-state index contributed by atoms with van der Waals surface area (Å²) in [5, 5.41) is 17.6. The highest BCUT2D eigenvalue weighted by Gasteiger charge is 2.63. The number of esters is 3. The molecule has 6 atom stereocenters. The van der Waals surface area contributed by atoms with Gasteiger partial charge in [0.05, 0.1) is 35.3 Å². The molecule has 1 aliphatic heterocycles. The van der Waals surface area contributed by atoms with Crippen molar-refractivity contribution in [2.45, 2.75) is 118 Å². The molecule has 0 saturated carbocycles. The highest BCUT2D eigenvalue weighted by atomic mass is 31.2. The van der Waals surface area contributed by atoms with E-state index in [1.165, 1.54) is 23.6 Å². The second kappa shape index (κ2) is 16.8. The number of carbonyl (C=O) groups is 4. The number of fused-ring (bicyclic) bond motifs is 1. The molecule has 53 heavy (non-hydrogen) atoms. The van der Waals surface area contributed by atoms with E-state index in [4.69, 9.17) is 43.2 Å². The summed E-state index contributed by atoms with van der Waals surface area (Å²) in [6.45, 7) is 15.5. The summed E-state index contributed by atoms with van der Waals surface area (Å²) in [5.41, 5.74) is 1.92. The molecule has 0 radical (unpaired) electrons. The van der Waals surface area contributed by atoms with Crippen molar-refractivity contribution in [2.24, 2.45) is 10.8 Å². The number of carbonyl (C=O) groups excluding carboxylic acids is 4. The first kappa shape index (κ1) is 43.1. The van der Waals surface area contributed by atoms with Crippen molar-refractivity contribution in [1.29, 1.82) is 5.26 Å². The molecular formula is C33H49N6O13P. The lowest BCUT2D eigenvalue weighted by Crippen LogP contribution is -2.48. The zero-order valence-corrected chi connectivity index (χ0v) is 32.6. The quantitative estimate of drug-likeness (QED) is 0.119. The van der Waals surface area contributed by atoms with Crippen molar-refractivity contribution in [2.75, 3.05) is 19.1 Å². The SMILES string of the molecule is CC(C)OC(=O)OCO[P@@](=O)(N[C@@H](C)C(=O)OC(C)C)OC[C@H]1O[C@@](C#N)(c2ccc3c(N)ncnn23)[C@H](OC(=O)C(C)(C)C)[C@@H]1OC(=O)C(C)(C)C. The van der Waals surface area contributed by atoms with Crippen molar-refractivity contribution >= 4 is 43.1 Å². The number of nitrogen functional groups attached to an aromatic ring is 1. The Morgan fingerprint density at radius 3 is 2.17 bits per heavy atom. The van der Waals surface area contributed by atoms with Crippen LogP contribution < -0.4 is 10.8 Å². The molecule has 0 spiro atoms. The Morgan fingerprint density at radius 1 is 1.00 bits per heavy atom. The fraction of sp³-hybridized carbons (Fsp3) is 0.667. The minimum Gasteiger partial charge on any atom is -0.462 e. The molecule has 0 bridgehead atoms. The van der Waals surface area contributed by atoms with Crippen molar-refractivity contribution in [3.8, 4) is 6.07 Å². The van der Waals surface area contributed by atoms with Crippen molar-refractivity contribution in [1.82, 2.24) is 19.7 Å². The lowest BCUT2D eigenvalue weighted by molar-refractivity contribution is -0.179. The van der Waals surface area contributed by atoms with Gasteiger partial charge in [0.15, 0.2) is 18.0 Å². The van der Waals surface area contributed by atoms with Crippen LogP contribution in [0.3, 0.4) is 0 Å². The van der Waals surface area contributed by atoms with Gasteiger partial charge in [-0.05, 0) is 88.3 Å². The molecule has 0 unspecified atom stereocenters. The number of nitrogens with one attached hydrogen (secondary N) is 1. The van der Waals surface area contributed by atoms with Crippen LogP contribution in [0.5, 0.6) is 0 Å². The Bertz CT molecular complexity index is 1740. The van der Waals surface area contributed by atoms with E-state index in [0.717, 1.165) is 6.33 Å². The van der Waals surface area contributed by atoms with Crippen molar-refractivity contribution in [3.05, 3.63) is 24.2 Å². The van der Waals surface area contributed by atoms with E-state index in [1.54, 1.807) is 69.2 Å². The number of nitriles is 1. The van der Waals surface area contributed by atoms with E-state index in [2.05, 4.69) is 21.2 Å². The number of aromatic nitrogens is 3. The van der Waals surface area contributed by atoms with E-state index in [9.17, 15) is 29.0 Å². The van der Waals surface area contributed by atoms with Gasteiger partial charge in [-0.1, -0.05) is 0 Å². The van der Waals surface area contributed by atoms with Crippen molar-refractivity contribution in [3.63, 3.8) is 0 Å². The number of rotatable bonds is 14. The van der Waals surface area contributed by atoms with Crippen LogP contribution in [-0.2, 0) is 62.0 Å². The molecule has 3 heterocycles. The molecule has 2 aromatic rings. The molecule has 3 N–H and O–H groups in total. The van der Waals surface area contributed by atoms with Crippen molar-refractivity contribution < 1.29 is 61.2 Å². The van der Waals surface area contributed by atoms with Gasteiger partial charge < -0.3 is 34.2 Å². The second-order valence-electron chi connectivity index (χ2n) is 14.8. The molecule has 3 rings (SSSR count). The highest BCUT2D eigenvalue weighted by molar-refractivity contribution is 7.51. The van der Waals surface area contributed by atoms with Crippen LogP contribution in [0.25, 0.3) is 5.52 Å². The molecule has 0 aromatic carbocycles. The van der Waals surface area contributed by atoms with Crippen LogP contribution in [0.4, 0.5) is 10.6 Å². The molecule has 0 amide bonds. The summed E-state index contributed by atoms with van der Waals surface area (Å²) < 4.78 is 59.8. The standard InChI is InChI=1S/C33H49N6O13P/c1-18(2)48-27(40)20(5)38-53(44,47-17-45-30(43)49-19(3)4)46-14-22-24(50-28(41)31(6,7)8)25(51-29(42)32(9,10)11)33(15-34,52-22)23-13-12-21-26(35)36-16-37-39(21)23/h12-13,16,18-20,22,24-25H,14,17H2,1-11H3,(H,38,44)(H2,35,36,37)/t20-,22+,24+,25+,33-,53+/m0/s1. The second-order valence-corrected chi connectivity index (χ2v) is 16.6. The molecule has 294 valence electrons. The first-order valence-corrected chi connectivity index (χ1v) is 18.3. The van der Waals surface area contributed by atoms with E-state index in [1.807, 2.05) is 0 Å². The van der Waals surface area contributed by atoms with Gasteiger partial charge in [0, 0.05) is 0 Å². The van der Waals surface area contributed by atoms with E-state index in [0.29, 0.717) is 0 Å². The Balaban J connectivity index is 2.13. The van der Waals surface area contributed by atoms with E-state index < -0.39 is 98.2 Å². The molecule has 1 aliphatic rings. The average Bonchev–Trinajstić information content (AvgIpc) is 3.59. The number of ether oxygens (including phenoxy) is 6. The lowest BCUT2D eigenvalue weighted by Gasteiger charge is -2.32. The number of hydrogen-bond acceptors (Lipinski definition) is 17. The van der Waals surface area contributed by atoms with Gasteiger partial charge >= 0.3 is 31.8 Å². The molecule has 2 aromatic heterocycles. The molecular weight excluding hydrogens is 719 g/mol. The summed E-state index contributed by atoms with van der Waals surface area (Å²) >= 11 is 0. The predicted octanol–water partition coefficient (Wildman–Crippen LogP) is 3.94. The van der Waals surface area contributed by atoms with Gasteiger partial charge in [-0.25, -0.2) is 23.9 Å². The Labute approximate surface area is 307 Å². The minimum absolute atomic E-state index is 0.0230. The lowest BCUT2D eigenvalue weighted by atomic mass is 9.90. The van der Waals surface area contributed by atoms with Gasteiger partial charge in [0.1, 0.15) is 30.1 Å². The zero-order valence-electron chi connectivity index (χ0n) is 31.7. The van der Waals surface area contributed by atoms with Gasteiger partial charge in [-0.3, -0.25) is 23.4 Å². The third kappa shape index (κ3) is 10.6. The summed E-state index contributed by atoms with van der Waals surface area (Å²) in [6, 6.07) is 3.76. The normalized spacial score (nSPS) is 22.2. The number of nitrogens with two attached hydrogens (primary N) is 1. The predicted molar refractivity (Wildman–Crippen MR) is 184 cm³/mol. The maximum absolute atomic E-state index is 14.2. The maximum atomic E-state index is 14.2. The minimum atomic E-state index is -4.68. The van der Waals surface area contributed by atoms with Gasteiger partial charge in [0.25, 0.3) is 0 Å². The van der Waals surface area contributed by atoms with E-state index >= 15 is 0 Å². The molecule has 20 heteroatoms. The number of nitrogens with zero attached hydrogens (tertiary/aromatic N) is 4. The van der Waals surface area contributed by atoms with E-state index in [-0.39, 0.29) is 17.0 Å². The fourth-order valence-electron chi connectivity index (χ4n) is 4.67. The topological polar surface area (TPSA) is 251 Å². The first-order valence-electron chi connectivity index (χ1n) is 16.7. The molecule has 19 nitrogen and oxygen atoms in total. The summed E-state index contributed by atoms with van der Waals surface area (Å²) in [4.78, 5) is 55.6. The third-order valence-corrected chi connectivity index (χ3v) is 8.97. The Morgan fingerprint density at radius 2 is 1.60 bits per heavy atom. The number of anilines is 1. The summed E-state index contributed by atoms with van der Waals surface area (Å²) in [6.07, 6.45) is -5.82. The average molecular weight is 769 g/mol. The molecule has 1 fully saturated rings. The van der Waals surface area contributed by atoms with Gasteiger partial charge in [-0.15, -0.1) is 0 Å². The Hall–Kier alpha value is -4.34. The summed E-state index contributed by atoms with van der Waals surface area (Å²) in [7, 11) is -4.68. The van der Waals surface area contributed by atoms with Crippen LogP contribution in [-0.4, -0.2) is 88.6 Å². The zero-order chi connectivity index (χ0) is 40.1. The third-order valence-electron chi connectivity index (χ3n) is 7.33. The number of hydrogen-bond donors (Lipinski definition) is 2. The van der Waals surface area contributed by atoms with Crippen LogP contribution in [0.1, 0.15) is 81.9 Å². The Kier molecular flexibility index (Phi) is 13.6. The summed E-state index contributed by atoms with van der Waals surface area (Å²) in [5.74, 6) is -2.31. The first-order chi connectivity index (χ1) is 24.4. The van der Waals surface area contributed by atoms with Crippen LogP contribution in [0.15, 0.2) is 18.5 Å². The fourth-order valence-corrected chi connectivity index (χ4v) is 6.01. The van der Waals surface area contributed by atoms with Gasteiger partial charge in [-0.2, -0.15) is 10.4 Å². The highest BCUT2D eigenvalue weighted by Crippen LogP contribution is 2.49. The maximum Gasteiger partial charge on any atom is 0.510 e.